The van der Waals surface area contributed by atoms with Crippen LogP contribution in [0.2, 0.25) is 0 Å². The SMILES string of the molecule is Cc1ccc(C)c(-c2ccc(=O)n(CC(=O)Nc3ccc(-c4cn5ccsc5n4)cc3)n2)c1. The van der Waals surface area contributed by atoms with Gasteiger partial charge < -0.3 is 5.32 Å². The Labute approximate surface area is 194 Å². The molecule has 0 aliphatic heterocycles. The summed E-state index contributed by atoms with van der Waals surface area (Å²) in [5, 5.41) is 9.25. The summed E-state index contributed by atoms with van der Waals surface area (Å²) in [5.74, 6) is -0.321. The third kappa shape index (κ3) is 4.33. The Kier molecular flexibility index (Phi) is 5.35. The average molecular weight is 456 g/mol. The van der Waals surface area contributed by atoms with Crippen LogP contribution in [-0.2, 0) is 11.3 Å². The van der Waals surface area contributed by atoms with Crippen molar-refractivity contribution in [3.8, 4) is 22.5 Å². The fourth-order valence-corrected chi connectivity index (χ4v) is 4.35. The first-order valence-electron chi connectivity index (χ1n) is 10.4. The molecule has 3 aromatic heterocycles. The third-order valence-electron chi connectivity index (χ3n) is 5.39. The lowest BCUT2D eigenvalue weighted by molar-refractivity contribution is -0.117. The van der Waals surface area contributed by atoms with Gasteiger partial charge in [0.15, 0.2) is 4.96 Å². The Morgan fingerprint density at radius 3 is 2.64 bits per heavy atom. The summed E-state index contributed by atoms with van der Waals surface area (Å²) >= 11 is 1.58. The molecule has 0 aliphatic rings. The van der Waals surface area contributed by atoms with E-state index in [1.165, 1.54) is 10.7 Å². The van der Waals surface area contributed by atoms with Crippen LogP contribution in [-0.4, -0.2) is 25.1 Å². The first-order valence-corrected chi connectivity index (χ1v) is 11.3. The van der Waals surface area contributed by atoms with E-state index in [1.54, 1.807) is 17.4 Å². The number of aromatic nitrogens is 4. The van der Waals surface area contributed by atoms with E-state index < -0.39 is 0 Å². The van der Waals surface area contributed by atoms with Gasteiger partial charge in [0.25, 0.3) is 5.56 Å². The van der Waals surface area contributed by atoms with Crippen LogP contribution in [0, 0.1) is 13.8 Å². The number of anilines is 1. The van der Waals surface area contributed by atoms with Crippen molar-refractivity contribution in [3.63, 3.8) is 0 Å². The second-order valence-electron chi connectivity index (χ2n) is 7.88. The summed E-state index contributed by atoms with van der Waals surface area (Å²) in [5.41, 5.74) is 5.92. The molecule has 1 N–H and O–H groups in total. The molecule has 0 bridgehead atoms. The highest BCUT2D eigenvalue weighted by molar-refractivity contribution is 7.15. The first kappa shape index (κ1) is 20.8. The number of nitrogens with one attached hydrogen (secondary N) is 1. The molecule has 0 unspecified atom stereocenters. The number of carbonyl (C=O) groups is 1. The number of hydrogen-bond donors (Lipinski definition) is 1. The van der Waals surface area contributed by atoms with Crippen molar-refractivity contribution < 1.29 is 4.79 Å². The van der Waals surface area contributed by atoms with Gasteiger partial charge in [-0.05, 0) is 43.7 Å². The number of benzene rings is 2. The van der Waals surface area contributed by atoms with Crippen LogP contribution in [0.4, 0.5) is 5.69 Å². The predicted molar refractivity (Wildman–Crippen MR) is 131 cm³/mol. The van der Waals surface area contributed by atoms with Crippen LogP contribution in [0.5, 0.6) is 0 Å². The molecule has 7 nitrogen and oxygen atoms in total. The van der Waals surface area contributed by atoms with E-state index >= 15 is 0 Å². The van der Waals surface area contributed by atoms with E-state index in [-0.39, 0.29) is 18.0 Å². The molecule has 8 heteroatoms. The molecule has 0 spiro atoms. The minimum absolute atomic E-state index is 0.170. The van der Waals surface area contributed by atoms with Crippen molar-refractivity contribution in [2.45, 2.75) is 20.4 Å². The van der Waals surface area contributed by atoms with E-state index in [9.17, 15) is 9.59 Å². The molecule has 0 saturated carbocycles. The highest BCUT2D eigenvalue weighted by Gasteiger charge is 2.11. The van der Waals surface area contributed by atoms with E-state index in [0.717, 1.165) is 32.9 Å². The number of imidazole rings is 1. The quantitative estimate of drug-likeness (QED) is 0.422. The van der Waals surface area contributed by atoms with Crippen molar-refractivity contribution in [2.24, 2.45) is 0 Å². The molecular weight excluding hydrogens is 434 g/mol. The maximum absolute atomic E-state index is 12.6. The largest absolute Gasteiger partial charge is 0.324 e. The third-order valence-corrected chi connectivity index (χ3v) is 6.16. The smallest absolute Gasteiger partial charge is 0.267 e. The Morgan fingerprint density at radius 2 is 1.85 bits per heavy atom. The molecule has 5 aromatic rings. The normalized spacial score (nSPS) is 11.1. The molecule has 5 rings (SSSR count). The minimum atomic E-state index is -0.325. The van der Waals surface area contributed by atoms with Gasteiger partial charge in [-0.3, -0.25) is 14.0 Å². The Balaban J connectivity index is 1.31. The lowest BCUT2D eigenvalue weighted by atomic mass is 10.0. The number of nitrogens with zero attached hydrogens (tertiary/aromatic N) is 4. The van der Waals surface area contributed by atoms with Crippen LogP contribution in [0.25, 0.3) is 27.5 Å². The monoisotopic (exact) mass is 455 g/mol. The number of carbonyl (C=O) groups excluding carboxylic acids is 1. The molecule has 0 aliphatic carbocycles. The van der Waals surface area contributed by atoms with Crippen molar-refractivity contribution in [1.29, 1.82) is 0 Å². The van der Waals surface area contributed by atoms with Crippen LogP contribution >= 0.6 is 11.3 Å². The minimum Gasteiger partial charge on any atom is -0.324 e. The molecule has 0 radical (unpaired) electrons. The zero-order chi connectivity index (χ0) is 22.9. The maximum atomic E-state index is 12.6. The molecule has 0 fully saturated rings. The highest BCUT2D eigenvalue weighted by Crippen LogP contribution is 2.23. The Hall–Kier alpha value is -4.04. The predicted octanol–water partition coefficient (Wildman–Crippen LogP) is 4.54. The number of thiazole rings is 1. The van der Waals surface area contributed by atoms with Gasteiger partial charge in [0.05, 0.1) is 11.4 Å². The van der Waals surface area contributed by atoms with E-state index in [1.807, 2.05) is 78.5 Å². The van der Waals surface area contributed by atoms with Gasteiger partial charge in [0.1, 0.15) is 6.54 Å². The van der Waals surface area contributed by atoms with Gasteiger partial charge in [0.2, 0.25) is 5.91 Å². The molecule has 3 heterocycles. The second kappa shape index (κ2) is 8.48. The summed E-state index contributed by atoms with van der Waals surface area (Å²) in [6.45, 7) is 3.83. The topological polar surface area (TPSA) is 81.3 Å². The fourth-order valence-electron chi connectivity index (χ4n) is 3.65. The summed E-state index contributed by atoms with van der Waals surface area (Å²) in [7, 11) is 0. The molecule has 1 amide bonds. The first-order chi connectivity index (χ1) is 16.0. The summed E-state index contributed by atoms with van der Waals surface area (Å²) < 4.78 is 3.17. The molecule has 0 atom stereocenters. The van der Waals surface area contributed by atoms with Gasteiger partial charge >= 0.3 is 0 Å². The van der Waals surface area contributed by atoms with Crippen molar-refractivity contribution >= 4 is 27.9 Å². The Bertz CT molecular complexity index is 1500. The lowest BCUT2D eigenvalue weighted by Crippen LogP contribution is -2.29. The molecule has 33 heavy (non-hydrogen) atoms. The molecule has 164 valence electrons. The summed E-state index contributed by atoms with van der Waals surface area (Å²) in [4.78, 5) is 30.4. The van der Waals surface area contributed by atoms with Crippen LogP contribution < -0.4 is 10.9 Å². The van der Waals surface area contributed by atoms with Gasteiger partial charge in [0, 0.05) is 40.7 Å². The second-order valence-corrected chi connectivity index (χ2v) is 8.75. The van der Waals surface area contributed by atoms with Gasteiger partial charge in [-0.2, -0.15) is 5.10 Å². The summed E-state index contributed by atoms with van der Waals surface area (Å²) in [6, 6.07) is 16.7. The zero-order valence-corrected chi connectivity index (χ0v) is 19.0. The van der Waals surface area contributed by atoms with E-state index in [4.69, 9.17) is 0 Å². The highest BCUT2D eigenvalue weighted by atomic mass is 32.1. The maximum Gasteiger partial charge on any atom is 0.267 e. The van der Waals surface area contributed by atoms with Crippen molar-refractivity contribution in [1.82, 2.24) is 19.2 Å². The van der Waals surface area contributed by atoms with Gasteiger partial charge in [-0.25, -0.2) is 9.67 Å². The van der Waals surface area contributed by atoms with Gasteiger partial charge in [-0.1, -0.05) is 29.8 Å². The fraction of sp³-hybridized carbons (Fsp3) is 0.120. The zero-order valence-electron chi connectivity index (χ0n) is 18.1. The van der Waals surface area contributed by atoms with Crippen molar-refractivity contribution in [3.05, 3.63) is 93.9 Å². The van der Waals surface area contributed by atoms with Crippen LogP contribution in [0.15, 0.2) is 77.2 Å². The molecular formula is C25H21N5O2S. The van der Waals surface area contributed by atoms with Gasteiger partial charge in [-0.15, -0.1) is 11.3 Å². The van der Waals surface area contributed by atoms with E-state index in [2.05, 4.69) is 15.4 Å². The number of hydrogen-bond acceptors (Lipinski definition) is 5. The molecule has 0 saturated heterocycles. The summed E-state index contributed by atoms with van der Waals surface area (Å²) in [6.07, 6.45) is 3.94. The van der Waals surface area contributed by atoms with Crippen LogP contribution in [0.3, 0.4) is 0 Å². The number of fused-ring (bicyclic) bond motifs is 1. The van der Waals surface area contributed by atoms with E-state index in [0.29, 0.717) is 11.4 Å². The van der Waals surface area contributed by atoms with Crippen molar-refractivity contribution in [2.75, 3.05) is 5.32 Å². The standard InChI is InChI=1S/C25H21N5O2S/c1-16-3-4-17(2)20(13-16)21-9-10-24(32)30(28-21)15-23(31)26-19-7-5-18(6-8-19)22-14-29-11-12-33-25(29)27-22/h3-14H,15H2,1-2H3,(H,26,31). The number of aryl methyl sites for hydroxylation is 2. The Morgan fingerprint density at radius 1 is 1.03 bits per heavy atom. The number of amides is 1. The van der Waals surface area contributed by atoms with Crippen LogP contribution in [0.1, 0.15) is 11.1 Å². The number of rotatable bonds is 5. The molecule has 2 aromatic carbocycles. The lowest BCUT2D eigenvalue weighted by Gasteiger charge is -2.10. The average Bonchev–Trinajstić information content (AvgIpc) is 3.40.